The monoisotopic (exact) mass is 338 g/mol. The standard InChI is InChI=1S/C21H26N2O2/c1-3-16-4-8-18(9-5-16)20-14-22-12-13-23(20)21(24)19-10-6-17(7-11-19)15-25-2/h4-11,20,22H,3,12-15H2,1-2H3. The molecule has 0 saturated carbocycles. The molecule has 0 radical (unpaired) electrons. The van der Waals surface area contributed by atoms with Crippen LogP contribution in [0.3, 0.4) is 0 Å². The summed E-state index contributed by atoms with van der Waals surface area (Å²) in [6.07, 6.45) is 1.03. The van der Waals surface area contributed by atoms with Crippen molar-refractivity contribution in [3.63, 3.8) is 0 Å². The molecular weight excluding hydrogens is 312 g/mol. The van der Waals surface area contributed by atoms with Gasteiger partial charge in [0.2, 0.25) is 0 Å². The summed E-state index contributed by atoms with van der Waals surface area (Å²) in [5.41, 5.74) is 4.32. The van der Waals surface area contributed by atoms with Gasteiger partial charge in [0.15, 0.2) is 0 Å². The molecule has 1 saturated heterocycles. The third kappa shape index (κ3) is 4.09. The molecule has 1 fully saturated rings. The summed E-state index contributed by atoms with van der Waals surface area (Å²) in [7, 11) is 1.67. The van der Waals surface area contributed by atoms with Gasteiger partial charge in [-0.1, -0.05) is 43.3 Å². The first-order chi connectivity index (χ1) is 12.2. The Kier molecular flexibility index (Phi) is 5.84. The number of carbonyl (C=O) groups is 1. The van der Waals surface area contributed by atoms with Crippen LogP contribution in [0.5, 0.6) is 0 Å². The fraction of sp³-hybridized carbons (Fsp3) is 0.381. The molecule has 1 amide bonds. The number of methoxy groups -OCH3 is 1. The minimum Gasteiger partial charge on any atom is -0.380 e. The van der Waals surface area contributed by atoms with Crippen LogP contribution in [-0.4, -0.2) is 37.6 Å². The fourth-order valence-corrected chi connectivity index (χ4v) is 3.30. The summed E-state index contributed by atoms with van der Waals surface area (Å²) in [6.45, 7) is 5.06. The lowest BCUT2D eigenvalue weighted by Gasteiger charge is -2.36. The van der Waals surface area contributed by atoms with E-state index < -0.39 is 0 Å². The summed E-state index contributed by atoms with van der Waals surface area (Å²) in [4.78, 5) is 15.0. The van der Waals surface area contributed by atoms with Gasteiger partial charge in [0.05, 0.1) is 12.6 Å². The number of benzene rings is 2. The number of ether oxygens (including phenoxy) is 1. The van der Waals surface area contributed by atoms with E-state index in [1.54, 1.807) is 7.11 Å². The molecule has 1 aliphatic rings. The maximum atomic E-state index is 13.0. The van der Waals surface area contributed by atoms with Crippen LogP contribution in [0.1, 0.15) is 40.0 Å². The van der Waals surface area contributed by atoms with Crippen molar-refractivity contribution < 1.29 is 9.53 Å². The lowest BCUT2D eigenvalue weighted by Crippen LogP contribution is -2.48. The molecule has 4 nitrogen and oxygen atoms in total. The van der Waals surface area contributed by atoms with Crippen molar-refractivity contribution in [2.75, 3.05) is 26.7 Å². The van der Waals surface area contributed by atoms with Gasteiger partial charge in [0, 0.05) is 32.3 Å². The van der Waals surface area contributed by atoms with Crippen LogP contribution in [0, 0.1) is 0 Å². The van der Waals surface area contributed by atoms with E-state index in [9.17, 15) is 4.79 Å². The molecule has 0 bridgehead atoms. The van der Waals surface area contributed by atoms with Crippen molar-refractivity contribution in [2.24, 2.45) is 0 Å². The average molecular weight is 338 g/mol. The molecule has 25 heavy (non-hydrogen) atoms. The van der Waals surface area contributed by atoms with Gasteiger partial charge in [-0.05, 0) is 35.2 Å². The van der Waals surface area contributed by atoms with Crippen LogP contribution < -0.4 is 5.32 Å². The van der Waals surface area contributed by atoms with Gasteiger partial charge in [-0.15, -0.1) is 0 Å². The Morgan fingerprint density at radius 3 is 2.44 bits per heavy atom. The number of hydrogen-bond donors (Lipinski definition) is 1. The predicted octanol–water partition coefficient (Wildman–Crippen LogP) is 3.18. The van der Waals surface area contributed by atoms with Crippen molar-refractivity contribution in [1.82, 2.24) is 10.2 Å². The first kappa shape index (κ1) is 17.6. The Morgan fingerprint density at radius 1 is 1.12 bits per heavy atom. The van der Waals surface area contributed by atoms with Gasteiger partial charge in [-0.3, -0.25) is 4.79 Å². The molecule has 0 aromatic heterocycles. The van der Waals surface area contributed by atoms with E-state index in [1.807, 2.05) is 29.2 Å². The van der Waals surface area contributed by atoms with Gasteiger partial charge in [-0.25, -0.2) is 0 Å². The van der Waals surface area contributed by atoms with E-state index in [4.69, 9.17) is 4.74 Å². The van der Waals surface area contributed by atoms with Crippen molar-refractivity contribution in [3.8, 4) is 0 Å². The normalized spacial score (nSPS) is 17.5. The maximum Gasteiger partial charge on any atom is 0.254 e. The van der Waals surface area contributed by atoms with Crippen LogP contribution in [0.2, 0.25) is 0 Å². The molecule has 1 N–H and O–H groups in total. The molecule has 1 unspecified atom stereocenters. The van der Waals surface area contributed by atoms with Crippen LogP contribution in [0.4, 0.5) is 0 Å². The van der Waals surface area contributed by atoms with Crippen LogP contribution >= 0.6 is 0 Å². The predicted molar refractivity (Wildman–Crippen MR) is 99.6 cm³/mol. The van der Waals surface area contributed by atoms with E-state index in [0.29, 0.717) is 6.61 Å². The van der Waals surface area contributed by atoms with Gasteiger partial charge in [-0.2, -0.15) is 0 Å². The zero-order valence-electron chi connectivity index (χ0n) is 15.0. The van der Waals surface area contributed by atoms with Gasteiger partial charge >= 0.3 is 0 Å². The number of carbonyl (C=O) groups excluding carboxylic acids is 1. The van der Waals surface area contributed by atoms with Crippen LogP contribution in [0.15, 0.2) is 48.5 Å². The molecule has 1 heterocycles. The Balaban J connectivity index is 1.80. The minimum atomic E-state index is 0.0748. The summed E-state index contributed by atoms with van der Waals surface area (Å²) in [6, 6.07) is 16.4. The smallest absolute Gasteiger partial charge is 0.254 e. The minimum absolute atomic E-state index is 0.0748. The van der Waals surface area contributed by atoms with Crippen molar-refractivity contribution in [2.45, 2.75) is 26.0 Å². The molecule has 2 aromatic carbocycles. The molecule has 4 heteroatoms. The highest BCUT2D eigenvalue weighted by molar-refractivity contribution is 5.94. The molecule has 132 valence electrons. The Labute approximate surface area is 149 Å². The number of hydrogen-bond acceptors (Lipinski definition) is 3. The largest absolute Gasteiger partial charge is 0.380 e. The first-order valence-corrected chi connectivity index (χ1v) is 8.91. The van der Waals surface area contributed by atoms with E-state index in [2.05, 4.69) is 36.5 Å². The SMILES string of the molecule is CCc1ccc(C2CNCCN2C(=O)c2ccc(COC)cc2)cc1. The molecule has 3 rings (SSSR count). The lowest BCUT2D eigenvalue weighted by atomic mass is 10.00. The number of aryl methyl sites for hydroxylation is 1. The average Bonchev–Trinajstić information content (AvgIpc) is 2.68. The topological polar surface area (TPSA) is 41.6 Å². The summed E-state index contributed by atoms with van der Waals surface area (Å²) < 4.78 is 5.13. The number of nitrogens with zero attached hydrogens (tertiary/aromatic N) is 1. The Bertz CT molecular complexity index is 695. The van der Waals surface area contributed by atoms with Crippen molar-refractivity contribution in [3.05, 3.63) is 70.8 Å². The first-order valence-electron chi connectivity index (χ1n) is 8.91. The second-order valence-corrected chi connectivity index (χ2v) is 6.44. The quantitative estimate of drug-likeness (QED) is 0.910. The molecule has 1 atom stereocenters. The van der Waals surface area contributed by atoms with E-state index >= 15 is 0 Å². The molecule has 2 aromatic rings. The second kappa shape index (κ2) is 8.28. The van der Waals surface area contributed by atoms with E-state index in [-0.39, 0.29) is 11.9 Å². The zero-order chi connectivity index (χ0) is 17.6. The van der Waals surface area contributed by atoms with E-state index in [0.717, 1.165) is 37.2 Å². The lowest BCUT2D eigenvalue weighted by molar-refractivity contribution is 0.0634. The number of rotatable bonds is 5. The molecule has 0 spiro atoms. The highest BCUT2D eigenvalue weighted by Gasteiger charge is 2.28. The number of nitrogens with one attached hydrogen (secondary N) is 1. The van der Waals surface area contributed by atoms with Gasteiger partial charge in [0.25, 0.3) is 5.91 Å². The van der Waals surface area contributed by atoms with Crippen molar-refractivity contribution >= 4 is 5.91 Å². The summed E-state index contributed by atoms with van der Waals surface area (Å²) in [5, 5.41) is 3.41. The number of piperazine rings is 1. The highest BCUT2D eigenvalue weighted by atomic mass is 16.5. The van der Waals surface area contributed by atoms with Crippen LogP contribution in [0.25, 0.3) is 0 Å². The van der Waals surface area contributed by atoms with E-state index in [1.165, 1.54) is 11.1 Å². The Hall–Kier alpha value is -2.17. The Morgan fingerprint density at radius 2 is 1.80 bits per heavy atom. The summed E-state index contributed by atoms with van der Waals surface area (Å²) >= 11 is 0. The molecular formula is C21H26N2O2. The third-order valence-electron chi connectivity index (χ3n) is 4.79. The van der Waals surface area contributed by atoms with Gasteiger partial charge < -0.3 is 15.0 Å². The fourth-order valence-electron chi connectivity index (χ4n) is 3.30. The number of amides is 1. The second-order valence-electron chi connectivity index (χ2n) is 6.44. The maximum absolute atomic E-state index is 13.0. The van der Waals surface area contributed by atoms with Gasteiger partial charge in [0.1, 0.15) is 0 Å². The molecule has 0 aliphatic carbocycles. The molecule has 1 aliphatic heterocycles. The van der Waals surface area contributed by atoms with Crippen molar-refractivity contribution in [1.29, 1.82) is 0 Å². The zero-order valence-corrected chi connectivity index (χ0v) is 15.0. The summed E-state index contributed by atoms with van der Waals surface area (Å²) in [5.74, 6) is 0.0926. The van der Waals surface area contributed by atoms with Crippen LogP contribution in [-0.2, 0) is 17.8 Å². The third-order valence-corrected chi connectivity index (χ3v) is 4.79. The highest BCUT2D eigenvalue weighted by Crippen LogP contribution is 2.25.